The molecule has 1 aromatic carbocycles. The van der Waals surface area contributed by atoms with Crippen LogP contribution in [-0.2, 0) is 12.6 Å². The second-order valence-corrected chi connectivity index (χ2v) is 4.03. The van der Waals surface area contributed by atoms with Crippen molar-refractivity contribution in [2.24, 2.45) is 5.73 Å². The Hall–Kier alpha value is -1.89. The quantitative estimate of drug-likeness (QED) is 0.932. The highest BCUT2D eigenvalue weighted by Crippen LogP contribution is 2.28. The van der Waals surface area contributed by atoms with Crippen molar-refractivity contribution in [1.82, 2.24) is 10.1 Å². The van der Waals surface area contributed by atoms with E-state index in [0.29, 0.717) is 5.56 Å². The van der Waals surface area contributed by atoms with E-state index in [1.807, 2.05) is 19.1 Å². The van der Waals surface area contributed by atoms with Gasteiger partial charge in [0.25, 0.3) is 0 Å². The van der Waals surface area contributed by atoms with Crippen LogP contribution in [-0.4, -0.2) is 10.1 Å². The first-order chi connectivity index (χ1) is 8.91. The van der Waals surface area contributed by atoms with E-state index < -0.39 is 18.1 Å². The molecule has 0 spiro atoms. The van der Waals surface area contributed by atoms with Crippen LogP contribution >= 0.6 is 0 Å². The summed E-state index contributed by atoms with van der Waals surface area (Å²) in [5.41, 5.74) is 7.55. The monoisotopic (exact) mass is 271 g/mol. The number of nitrogens with two attached hydrogens (primary N) is 1. The molecule has 1 unspecified atom stereocenters. The number of halogens is 3. The van der Waals surface area contributed by atoms with Crippen LogP contribution in [0.25, 0.3) is 0 Å². The zero-order valence-corrected chi connectivity index (χ0v) is 10.1. The number of benzene rings is 1. The van der Waals surface area contributed by atoms with Gasteiger partial charge < -0.3 is 10.3 Å². The van der Waals surface area contributed by atoms with Gasteiger partial charge in [0.05, 0.1) is 6.04 Å². The molecule has 2 rings (SSSR count). The fourth-order valence-electron chi connectivity index (χ4n) is 1.59. The highest BCUT2D eigenvalue weighted by molar-refractivity contribution is 5.28. The summed E-state index contributed by atoms with van der Waals surface area (Å²) < 4.78 is 41.1. The van der Waals surface area contributed by atoms with Gasteiger partial charge in [-0.25, -0.2) is 0 Å². The van der Waals surface area contributed by atoms with Gasteiger partial charge in [-0.1, -0.05) is 36.3 Å². The molecule has 0 fully saturated rings. The van der Waals surface area contributed by atoms with Gasteiger partial charge in [0.2, 0.25) is 0 Å². The summed E-state index contributed by atoms with van der Waals surface area (Å²) in [6.45, 7) is 2.00. The summed E-state index contributed by atoms with van der Waals surface area (Å²) in [5.74, 6) is -1.57. The summed E-state index contributed by atoms with van der Waals surface area (Å²) in [6.07, 6.45) is -3.78. The first-order valence-corrected chi connectivity index (χ1v) is 5.67. The predicted molar refractivity (Wildman–Crippen MR) is 61.2 cm³/mol. The Morgan fingerprint density at radius 2 is 1.89 bits per heavy atom. The number of alkyl halides is 3. The van der Waals surface area contributed by atoms with Crippen LogP contribution in [0.15, 0.2) is 28.8 Å². The van der Waals surface area contributed by atoms with Crippen LogP contribution in [0.4, 0.5) is 13.2 Å². The third-order valence-corrected chi connectivity index (χ3v) is 2.71. The average Bonchev–Trinajstić information content (AvgIpc) is 2.87. The van der Waals surface area contributed by atoms with Crippen molar-refractivity contribution in [3.05, 3.63) is 47.1 Å². The van der Waals surface area contributed by atoms with Gasteiger partial charge in [0.1, 0.15) is 0 Å². The third kappa shape index (κ3) is 2.93. The van der Waals surface area contributed by atoms with E-state index in [2.05, 4.69) is 14.7 Å². The van der Waals surface area contributed by atoms with Gasteiger partial charge in [0, 0.05) is 0 Å². The molecule has 0 aliphatic carbocycles. The summed E-state index contributed by atoms with van der Waals surface area (Å²) in [4.78, 5) is 3.27. The highest BCUT2D eigenvalue weighted by atomic mass is 19.4. The second-order valence-electron chi connectivity index (χ2n) is 4.03. The van der Waals surface area contributed by atoms with E-state index in [4.69, 9.17) is 5.73 Å². The standard InChI is InChI=1S/C12H12F3N3O/c1-2-7-3-5-8(6-4-7)9(16)10-17-11(19-18-10)12(13,14)15/h3-6,9H,2,16H2,1H3. The lowest BCUT2D eigenvalue weighted by Gasteiger charge is -2.07. The Labute approximate surface area is 107 Å². The molecule has 0 radical (unpaired) electrons. The van der Waals surface area contributed by atoms with Gasteiger partial charge >= 0.3 is 12.1 Å². The zero-order valence-electron chi connectivity index (χ0n) is 10.1. The maximum absolute atomic E-state index is 12.3. The van der Waals surface area contributed by atoms with Crippen molar-refractivity contribution < 1.29 is 17.7 Å². The van der Waals surface area contributed by atoms with Crippen LogP contribution in [0.5, 0.6) is 0 Å². The Balaban J connectivity index is 2.23. The molecular weight excluding hydrogens is 259 g/mol. The summed E-state index contributed by atoms with van der Waals surface area (Å²) in [5, 5.41) is 3.27. The topological polar surface area (TPSA) is 64.9 Å². The molecule has 0 aliphatic rings. The van der Waals surface area contributed by atoms with E-state index in [1.165, 1.54) is 0 Å². The number of hydrogen-bond donors (Lipinski definition) is 1. The number of hydrogen-bond acceptors (Lipinski definition) is 4. The molecule has 0 saturated carbocycles. The second kappa shape index (κ2) is 5.00. The first-order valence-electron chi connectivity index (χ1n) is 5.67. The predicted octanol–water partition coefficient (Wildman–Crippen LogP) is 2.70. The molecule has 1 heterocycles. The highest BCUT2D eigenvalue weighted by Gasteiger charge is 2.39. The number of rotatable bonds is 3. The molecule has 2 aromatic rings. The van der Waals surface area contributed by atoms with Gasteiger partial charge in [-0.2, -0.15) is 18.2 Å². The smallest absolute Gasteiger partial charge is 0.329 e. The Kier molecular flexibility index (Phi) is 3.57. The largest absolute Gasteiger partial charge is 0.471 e. The van der Waals surface area contributed by atoms with E-state index in [1.54, 1.807) is 12.1 Å². The normalized spacial score (nSPS) is 13.5. The fourth-order valence-corrected chi connectivity index (χ4v) is 1.59. The molecule has 7 heteroatoms. The number of aryl methyl sites for hydroxylation is 1. The van der Waals surface area contributed by atoms with Crippen LogP contribution in [0.3, 0.4) is 0 Å². The molecule has 0 bridgehead atoms. The van der Waals surface area contributed by atoms with Crippen molar-refractivity contribution in [2.75, 3.05) is 0 Å². The van der Waals surface area contributed by atoms with Crippen molar-refractivity contribution in [1.29, 1.82) is 0 Å². The Morgan fingerprint density at radius 1 is 1.26 bits per heavy atom. The maximum atomic E-state index is 12.3. The summed E-state index contributed by atoms with van der Waals surface area (Å²) in [7, 11) is 0. The summed E-state index contributed by atoms with van der Waals surface area (Å²) >= 11 is 0. The van der Waals surface area contributed by atoms with Crippen LogP contribution < -0.4 is 5.73 Å². The lowest BCUT2D eigenvalue weighted by atomic mass is 10.0. The van der Waals surface area contributed by atoms with E-state index in [-0.39, 0.29) is 5.82 Å². The fraction of sp³-hybridized carbons (Fsp3) is 0.333. The molecule has 1 aromatic heterocycles. The first kappa shape index (κ1) is 13.5. The molecule has 0 amide bonds. The molecule has 4 nitrogen and oxygen atoms in total. The number of nitrogens with zero attached hydrogens (tertiary/aromatic N) is 2. The van der Waals surface area contributed by atoms with Gasteiger partial charge in [0.15, 0.2) is 5.82 Å². The van der Waals surface area contributed by atoms with Crippen molar-refractivity contribution in [2.45, 2.75) is 25.6 Å². The minimum absolute atomic E-state index is 0.184. The lowest BCUT2D eigenvalue weighted by molar-refractivity contribution is -0.159. The molecular formula is C12H12F3N3O. The van der Waals surface area contributed by atoms with Gasteiger partial charge in [-0.3, -0.25) is 0 Å². The molecule has 102 valence electrons. The van der Waals surface area contributed by atoms with Gasteiger partial charge in [-0.05, 0) is 17.5 Å². The molecule has 0 aliphatic heterocycles. The zero-order chi connectivity index (χ0) is 14.0. The third-order valence-electron chi connectivity index (χ3n) is 2.71. The van der Waals surface area contributed by atoms with E-state index >= 15 is 0 Å². The van der Waals surface area contributed by atoms with Gasteiger partial charge in [-0.15, -0.1) is 0 Å². The van der Waals surface area contributed by atoms with E-state index in [9.17, 15) is 13.2 Å². The lowest BCUT2D eigenvalue weighted by Crippen LogP contribution is -2.14. The maximum Gasteiger partial charge on any atom is 0.471 e. The van der Waals surface area contributed by atoms with Crippen molar-refractivity contribution >= 4 is 0 Å². The Morgan fingerprint density at radius 3 is 2.37 bits per heavy atom. The van der Waals surface area contributed by atoms with E-state index in [0.717, 1.165) is 12.0 Å². The van der Waals surface area contributed by atoms with Crippen molar-refractivity contribution in [3.63, 3.8) is 0 Å². The molecule has 19 heavy (non-hydrogen) atoms. The Bertz CT molecular complexity index is 548. The minimum Gasteiger partial charge on any atom is -0.329 e. The van der Waals surface area contributed by atoms with Crippen LogP contribution in [0, 0.1) is 0 Å². The SMILES string of the molecule is CCc1ccc(C(N)c2noc(C(F)(F)F)n2)cc1. The van der Waals surface area contributed by atoms with Crippen molar-refractivity contribution in [3.8, 4) is 0 Å². The summed E-state index contributed by atoms with van der Waals surface area (Å²) in [6, 6.07) is 6.37. The molecule has 2 N–H and O–H groups in total. The minimum atomic E-state index is -4.66. The molecule has 1 atom stereocenters. The van der Waals surface area contributed by atoms with Crippen LogP contribution in [0.1, 0.15) is 35.8 Å². The average molecular weight is 271 g/mol. The molecule has 0 saturated heterocycles. The van der Waals surface area contributed by atoms with Crippen LogP contribution in [0.2, 0.25) is 0 Å². The number of aromatic nitrogens is 2.